The second-order valence-corrected chi connectivity index (χ2v) is 4.66. The lowest BCUT2D eigenvalue weighted by Crippen LogP contribution is -2.11. The van der Waals surface area contributed by atoms with Crippen LogP contribution in [0, 0.1) is 0 Å². The Hall–Kier alpha value is -2.04. The summed E-state index contributed by atoms with van der Waals surface area (Å²) >= 11 is 0. The first kappa shape index (κ1) is 20.0. The molecule has 0 atom stereocenters. The molecule has 0 unspecified atom stereocenters. The van der Waals surface area contributed by atoms with Crippen LogP contribution in [0.2, 0.25) is 0 Å². The van der Waals surface area contributed by atoms with Crippen LogP contribution in [0.15, 0.2) is 54.6 Å². The van der Waals surface area contributed by atoms with Crippen molar-refractivity contribution in [2.75, 3.05) is 33.5 Å². The van der Waals surface area contributed by atoms with Gasteiger partial charge >= 0.3 is 0 Å². The Bertz CT molecular complexity index is 528. The first-order valence-corrected chi connectivity index (χ1v) is 8.35. The molecule has 0 aliphatic heterocycles. The molecule has 132 valence electrons. The lowest BCUT2D eigenvalue weighted by molar-refractivity contribution is 0.0541. The Morgan fingerprint density at radius 3 is 2.12 bits per heavy atom. The molecule has 2 aromatic rings. The van der Waals surface area contributed by atoms with E-state index in [0.29, 0.717) is 33.0 Å². The van der Waals surface area contributed by atoms with Crippen molar-refractivity contribution in [2.45, 2.75) is 20.5 Å². The second kappa shape index (κ2) is 13.4. The molecule has 2 aromatic carbocycles. The Morgan fingerprint density at radius 1 is 0.708 bits per heavy atom. The van der Waals surface area contributed by atoms with Gasteiger partial charge in [-0.3, -0.25) is 0 Å². The number of ether oxygens (including phenoxy) is 4. The Labute approximate surface area is 145 Å². The highest BCUT2D eigenvalue weighted by Crippen LogP contribution is 2.20. The third kappa shape index (κ3) is 7.99. The molecule has 4 nitrogen and oxygen atoms in total. The Kier molecular flexibility index (Phi) is 11.2. The van der Waals surface area contributed by atoms with Crippen LogP contribution in [-0.2, 0) is 16.1 Å². The van der Waals surface area contributed by atoms with E-state index >= 15 is 0 Å². The lowest BCUT2D eigenvalue weighted by Gasteiger charge is -2.12. The van der Waals surface area contributed by atoms with E-state index in [0.717, 1.165) is 17.1 Å². The van der Waals surface area contributed by atoms with Gasteiger partial charge in [-0.1, -0.05) is 50.2 Å². The van der Waals surface area contributed by atoms with Crippen molar-refractivity contribution in [1.29, 1.82) is 0 Å². The van der Waals surface area contributed by atoms with E-state index in [-0.39, 0.29) is 0 Å². The van der Waals surface area contributed by atoms with Gasteiger partial charge in [0.15, 0.2) is 0 Å². The lowest BCUT2D eigenvalue weighted by atomic mass is 10.2. The summed E-state index contributed by atoms with van der Waals surface area (Å²) in [5.41, 5.74) is 1.02. The summed E-state index contributed by atoms with van der Waals surface area (Å²) in [5.74, 6) is 1.67. The maximum Gasteiger partial charge on any atom is 0.126 e. The molecule has 0 N–H and O–H groups in total. The molecule has 0 saturated carbocycles. The topological polar surface area (TPSA) is 36.9 Å². The molecule has 2 rings (SSSR count). The van der Waals surface area contributed by atoms with Gasteiger partial charge < -0.3 is 18.9 Å². The molecule has 0 heterocycles. The van der Waals surface area contributed by atoms with Crippen LogP contribution < -0.4 is 9.47 Å². The predicted molar refractivity (Wildman–Crippen MR) is 96.8 cm³/mol. The number of methoxy groups -OCH3 is 1. The van der Waals surface area contributed by atoms with Crippen molar-refractivity contribution in [3.63, 3.8) is 0 Å². The molecule has 0 saturated heterocycles. The van der Waals surface area contributed by atoms with Gasteiger partial charge in [0, 0.05) is 12.7 Å². The smallest absolute Gasteiger partial charge is 0.126 e. The number of hydrogen-bond acceptors (Lipinski definition) is 4. The van der Waals surface area contributed by atoms with Crippen LogP contribution in [0.25, 0.3) is 0 Å². The predicted octanol–water partition coefficient (Wildman–Crippen LogP) is 4.33. The summed E-state index contributed by atoms with van der Waals surface area (Å²) in [6, 6.07) is 17.6. The molecule has 0 aliphatic carbocycles. The number of hydrogen-bond donors (Lipinski definition) is 0. The molecule has 0 aromatic heterocycles. The van der Waals surface area contributed by atoms with Crippen LogP contribution in [0.5, 0.6) is 11.5 Å². The minimum absolute atomic E-state index is 0.477. The van der Waals surface area contributed by atoms with Crippen LogP contribution in [0.1, 0.15) is 19.4 Å². The van der Waals surface area contributed by atoms with E-state index in [9.17, 15) is 0 Å². The fraction of sp³-hybridized carbons (Fsp3) is 0.400. The van der Waals surface area contributed by atoms with Crippen molar-refractivity contribution in [2.24, 2.45) is 0 Å². The minimum atomic E-state index is 0.477. The molecular formula is C20H28O4. The molecule has 0 bridgehead atoms. The zero-order valence-corrected chi connectivity index (χ0v) is 14.9. The van der Waals surface area contributed by atoms with Crippen molar-refractivity contribution in [3.05, 3.63) is 60.2 Å². The van der Waals surface area contributed by atoms with Gasteiger partial charge in [0.05, 0.1) is 19.8 Å². The van der Waals surface area contributed by atoms with E-state index in [1.807, 2.05) is 68.4 Å². The van der Waals surface area contributed by atoms with Crippen molar-refractivity contribution in [3.8, 4) is 11.5 Å². The van der Waals surface area contributed by atoms with Crippen LogP contribution in [0.3, 0.4) is 0 Å². The third-order valence-corrected chi connectivity index (χ3v) is 3.03. The van der Waals surface area contributed by atoms with E-state index < -0.39 is 0 Å². The molecule has 24 heavy (non-hydrogen) atoms. The van der Waals surface area contributed by atoms with Gasteiger partial charge in [-0.25, -0.2) is 0 Å². The largest absolute Gasteiger partial charge is 0.491 e. The highest BCUT2D eigenvalue weighted by atomic mass is 16.5. The standard InChI is InChI=1S/C18H22O4.C2H6/c1-19-11-12-20-13-14-21-18-10-6-5-7-16(18)15-22-17-8-3-2-4-9-17;1-2/h2-10H,11-15H2,1H3;1-2H3. The highest BCUT2D eigenvalue weighted by Gasteiger charge is 2.04. The zero-order valence-electron chi connectivity index (χ0n) is 14.9. The van der Waals surface area contributed by atoms with Gasteiger partial charge in [-0.05, 0) is 18.2 Å². The normalized spacial score (nSPS) is 9.79. The van der Waals surface area contributed by atoms with Crippen LogP contribution in [-0.4, -0.2) is 33.5 Å². The Morgan fingerprint density at radius 2 is 1.38 bits per heavy atom. The summed E-state index contributed by atoms with van der Waals surface area (Å²) in [6.07, 6.45) is 0. The van der Waals surface area contributed by atoms with E-state index in [1.165, 1.54) is 0 Å². The SMILES string of the molecule is CC.COCCOCCOc1ccccc1COc1ccccc1. The fourth-order valence-corrected chi connectivity index (χ4v) is 1.90. The average Bonchev–Trinajstić information content (AvgIpc) is 2.66. The molecule has 0 aliphatic rings. The van der Waals surface area contributed by atoms with Gasteiger partial charge in [0.1, 0.15) is 24.7 Å². The second-order valence-electron chi connectivity index (χ2n) is 4.66. The molecular weight excluding hydrogens is 304 g/mol. The van der Waals surface area contributed by atoms with Gasteiger partial charge in [-0.2, -0.15) is 0 Å². The van der Waals surface area contributed by atoms with Crippen molar-refractivity contribution >= 4 is 0 Å². The number of benzene rings is 2. The maximum atomic E-state index is 5.76. The average molecular weight is 332 g/mol. The molecule has 4 heteroatoms. The summed E-state index contributed by atoms with van der Waals surface area (Å²) in [6.45, 7) is 6.70. The first-order chi connectivity index (χ1) is 11.9. The quantitative estimate of drug-likeness (QED) is 0.607. The molecule has 0 fully saturated rings. The monoisotopic (exact) mass is 332 g/mol. The van der Waals surface area contributed by atoms with Crippen molar-refractivity contribution < 1.29 is 18.9 Å². The number of para-hydroxylation sites is 2. The van der Waals surface area contributed by atoms with E-state index in [4.69, 9.17) is 18.9 Å². The van der Waals surface area contributed by atoms with Crippen LogP contribution in [0.4, 0.5) is 0 Å². The van der Waals surface area contributed by atoms with E-state index in [2.05, 4.69) is 0 Å². The summed E-state index contributed by atoms with van der Waals surface area (Å²) in [7, 11) is 1.66. The molecule has 0 amide bonds. The maximum absolute atomic E-state index is 5.76. The summed E-state index contributed by atoms with van der Waals surface area (Å²) in [4.78, 5) is 0. The number of rotatable bonds is 10. The summed E-state index contributed by atoms with van der Waals surface area (Å²) in [5, 5.41) is 0. The summed E-state index contributed by atoms with van der Waals surface area (Å²) < 4.78 is 21.8. The molecule has 0 spiro atoms. The van der Waals surface area contributed by atoms with Crippen molar-refractivity contribution in [1.82, 2.24) is 0 Å². The third-order valence-electron chi connectivity index (χ3n) is 3.03. The highest BCUT2D eigenvalue weighted by molar-refractivity contribution is 5.33. The van der Waals surface area contributed by atoms with Gasteiger partial charge in [0.25, 0.3) is 0 Å². The Balaban J connectivity index is 0.00000139. The zero-order chi connectivity index (χ0) is 17.5. The van der Waals surface area contributed by atoms with Gasteiger partial charge in [0.2, 0.25) is 0 Å². The first-order valence-electron chi connectivity index (χ1n) is 8.35. The van der Waals surface area contributed by atoms with Gasteiger partial charge in [-0.15, -0.1) is 0 Å². The van der Waals surface area contributed by atoms with E-state index in [1.54, 1.807) is 7.11 Å². The fourth-order valence-electron chi connectivity index (χ4n) is 1.90. The van der Waals surface area contributed by atoms with Crippen LogP contribution >= 0.6 is 0 Å². The molecule has 0 radical (unpaired) electrons. The minimum Gasteiger partial charge on any atom is -0.491 e.